The number of nitriles is 1. The number of anilines is 4. The Balaban J connectivity index is 1.67. The van der Waals surface area contributed by atoms with Crippen molar-refractivity contribution in [3.8, 4) is 6.07 Å². The molecule has 2 aromatic carbocycles. The van der Waals surface area contributed by atoms with Gasteiger partial charge in [0.15, 0.2) is 0 Å². The van der Waals surface area contributed by atoms with E-state index in [9.17, 15) is 9.59 Å². The summed E-state index contributed by atoms with van der Waals surface area (Å²) in [5.41, 5.74) is 2.46. The van der Waals surface area contributed by atoms with Crippen LogP contribution in [-0.4, -0.2) is 21.8 Å². The molecule has 3 rings (SSSR count). The monoisotopic (exact) mass is 372 g/mol. The van der Waals surface area contributed by atoms with E-state index in [0.29, 0.717) is 28.4 Å². The first-order valence-electron chi connectivity index (χ1n) is 8.32. The van der Waals surface area contributed by atoms with Gasteiger partial charge in [-0.05, 0) is 36.4 Å². The van der Waals surface area contributed by atoms with Gasteiger partial charge in [0.05, 0.1) is 24.0 Å². The van der Waals surface area contributed by atoms with Crippen LogP contribution >= 0.6 is 0 Å². The topological polar surface area (TPSA) is 120 Å². The SMILES string of the molecule is CC(=O)Nc1cccc(NC(=O)c2cnc(Nc3cccc(C#N)c3)cn2)c1. The van der Waals surface area contributed by atoms with Crippen LogP contribution in [0.3, 0.4) is 0 Å². The van der Waals surface area contributed by atoms with Crippen molar-refractivity contribution in [3.63, 3.8) is 0 Å². The molecule has 138 valence electrons. The number of carbonyl (C=O) groups is 2. The van der Waals surface area contributed by atoms with Crippen molar-refractivity contribution in [1.29, 1.82) is 5.26 Å². The maximum atomic E-state index is 12.3. The van der Waals surface area contributed by atoms with Gasteiger partial charge in [0.1, 0.15) is 11.5 Å². The van der Waals surface area contributed by atoms with E-state index in [0.717, 1.165) is 0 Å². The Hall–Kier alpha value is -4.25. The minimum absolute atomic E-state index is 0.140. The zero-order valence-electron chi connectivity index (χ0n) is 14.9. The predicted octanol–water partition coefficient (Wildman–Crippen LogP) is 3.30. The van der Waals surface area contributed by atoms with Gasteiger partial charge < -0.3 is 16.0 Å². The average molecular weight is 372 g/mol. The molecule has 0 radical (unpaired) electrons. The summed E-state index contributed by atoms with van der Waals surface area (Å²) >= 11 is 0. The highest BCUT2D eigenvalue weighted by molar-refractivity contribution is 6.03. The molecule has 28 heavy (non-hydrogen) atoms. The van der Waals surface area contributed by atoms with Crippen LogP contribution in [0.1, 0.15) is 23.0 Å². The Labute approximate surface area is 161 Å². The van der Waals surface area contributed by atoms with Crippen molar-refractivity contribution in [3.05, 3.63) is 72.2 Å². The zero-order valence-corrected chi connectivity index (χ0v) is 14.9. The van der Waals surface area contributed by atoms with Gasteiger partial charge >= 0.3 is 0 Å². The van der Waals surface area contributed by atoms with Gasteiger partial charge in [0.25, 0.3) is 5.91 Å². The minimum atomic E-state index is -0.425. The maximum absolute atomic E-state index is 12.3. The molecular formula is C20H16N6O2. The summed E-state index contributed by atoms with van der Waals surface area (Å²) in [5.74, 6) is -0.178. The van der Waals surface area contributed by atoms with Crippen molar-refractivity contribution < 1.29 is 9.59 Å². The summed E-state index contributed by atoms with van der Waals surface area (Å²) in [7, 11) is 0. The van der Waals surface area contributed by atoms with Crippen LogP contribution in [-0.2, 0) is 4.79 Å². The number of aromatic nitrogens is 2. The molecule has 0 aliphatic carbocycles. The second kappa shape index (κ2) is 8.42. The molecular weight excluding hydrogens is 356 g/mol. The van der Waals surface area contributed by atoms with E-state index < -0.39 is 5.91 Å². The molecule has 0 saturated carbocycles. The predicted molar refractivity (Wildman–Crippen MR) is 105 cm³/mol. The van der Waals surface area contributed by atoms with E-state index >= 15 is 0 Å². The number of benzene rings is 2. The lowest BCUT2D eigenvalue weighted by Gasteiger charge is -2.08. The minimum Gasteiger partial charge on any atom is -0.339 e. The summed E-state index contributed by atoms with van der Waals surface area (Å²) in [5, 5.41) is 17.3. The molecule has 0 aliphatic heterocycles. The first-order valence-corrected chi connectivity index (χ1v) is 8.32. The lowest BCUT2D eigenvalue weighted by Crippen LogP contribution is -2.14. The molecule has 0 saturated heterocycles. The van der Waals surface area contributed by atoms with Gasteiger partial charge in [-0.15, -0.1) is 0 Å². The fourth-order valence-electron chi connectivity index (χ4n) is 2.40. The van der Waals surface area contributed by atoms with E-state index in [1.54, 1.807) is 48.5 Å². The van der Waals surface area contributed by atoms with Gasteiger partial charge in [-0.25, -0.2) is 9.97 Å². The van der Waals surface area contributed by atoms with E-state index in [4.69, 9.17) is 5.26 Å². The highest BCUT2D eigenvalue weighted by Gasteiger charge is 2.09. The first-order chi connectivity index (χ1) is 13.5. The fourth-order valence-corrected chi connectivity index (χ4v) is 2.40. The Kier molecular flexibility index (Phi) is 5.58. The Bertz CT molecular complexity index is 1060. The summed E-state index contributed by atoms with van der Waals surface area (Å²) in [6, 6.07) is 15.8. The van der Waals surface area contributed by atoms with Gasteiger partial charge in [-0.2, -0.15) is 5.26 Å². The first kappa shape index (κ1) is 18.5. The van der Waals surface area contributed by atoms with Crippen molar-refractivity contribution in [2.45, 2.75) is 6.92 Å². The highest BCUT2D eigenvalue weighted by Crippen LogP contribution is 2.17. The summed E-state index contributed by atoms with van der Waals surface area (Å²) in [6.45, 7) is 1.41. The van der Waals surface area contributed by atoms with E-state index in [2.05, 4.69) is 32.0 Å². The van der Waals surface area contributed by atoms with Gasteiger partial charge in [0, 0.05) is 24.0 Å². The summed E-state index contributed by atoms with van der Waals surface area (Å²) in [6.07, 6.45) is 2.78. The smallest absolute Gasteiger partial charge is 0.275 e. The largest absolute Gasteiger partial charge is 0.339 e. The molecule has 3 aromatic rings. The highest BCUT2D eigenvalue weighted by atomic mass is 16.2. The molecule has 2 amide bonds. The number of hydrogen-bond acceptors (Lipinski definition) is 6. The Morgan fingerprint density at radius 2 is 1.64 bits per heavy atom. The van der Waals surface area contributed by atoms with Crippen LogP contribution < -0.4 is 16.0 Å². The number of amides is 2. The molecule has 3 N–H and O–H groups in total. The third kappa shape index (κ3) is 4.89. The average Bonchev–Trinajstić information content (AvgIpc) is 2.68. The molecule has 8 nitrogen and oxygen atoms in total. The molecule has 0 bridgehead atoms. The number of hydrogen-bond donors (Lipinski definition) is 3. The molecule has 8 heteroatoms. The second-order valence-corrected chi connectivity index (χ2v) is 5.82. The third-order valence-electron chi connectivity index (χ3n) is 3.59. The Morgan fingerprint density at radius 1 is 0.929 bits per heavy atom. The van der Waals surface area contributed by atoms with Crippen LogP contribution in [0, 0.1) is 11.3 Å². The number of rotatable bonds is 5. The lowest BCUT2D eigenvalue weighted by atomic mass is 10.2. The molecule has 0 atom stereocenters. The Morgan fingerprint density at radius 3 is 2.32 bits per heavy atom. The van der Waals surface area contributed by atoms with E-state index in [1.807, 2.05) is 0 Å². The molecule has 1 heterocycles. The zero-order chi connectivity index (χ0) is 19.9. The van der Waals surface area contributed by atoms with Crippen LogP contribution in [0.15, 0.2) is 60.9 Å². The third-order valence-corrected chi connectivity index (χ3v) is 3.59. The molecule has 0 fully saturated rings. The fraction of sp³-hybridized carbons (Fsp3) is 0.0500. The number of nitrogens with one attached hydrogen (secondary N) is 3. The normalized spacial score (nSPS) is 9.86. The van der Waals surface area contributed by atoms with Crippen LogP contribution in [0.4, 0.5) is 22.9 Å². The van der Waals surface area contributed by atoms with Crippen molar-refractivity contribution >= 4 is 34.7 Å². The van der Waals surface area contributed by atoms with Gasteiger partial charge in [-0.1, -0.05) is 12.1 Å². The van der Waals surface area contributed by atoms with Crippen molar-refractivity contribution in [2.24, 2.45) is 0 Å². The number of nitrogens with zero attached hydrogens (tertiary/aromatic N) is 3. The standard InChI is InChI=1S/C20H16N6O2/c1-13(27)24-16-6-3-7-17(9-16)26-20(28)18-11-23-19(12-22-18)25-15-5-2-4-14(8-15)10-21/h2-9,11-12H,1H3,(H,23,25)(H,24,27)(H,26,28). The summed E-state index contributed by atoms with van der Waals surface area (Å²) < 4.78 is 0. The summed E-state index contributed by atoms with van der Waals surface area (Å²) in [4.78, 5) is 31.8. The van der Waals surface area contributed by atoms with Crippen LogP contribution in [0.5, 0.6) is 0 Å². The van der Waals surface area contributed by atoms with Gasteiger partial charge in [0.2, 0.25) is 5.91 Å². The van der Waals surface area contributed by atoms with E-state index in [-0.39, 0.29) is 11.6 Å². The van der Waals surface area contributed by atoms with Crippen LogP contribution in [0.25, 0.3) is 0 Å². The molecule has 0 unspecified atom stereocenters. The molecule has 0 spiro atoms. The second-order valence-electron chi connectivity index (χ2n) is 5.82. The lowest BCUT2D eigenvalue weighted by molar-refractivity contribution is -0.114. The van der Waals surface area contributed by atoms with Crippen molar-refractivity contribution in [2.75, 3.05) is 16.0 Å². The quantitative estimate of drug-likeness (QED) is 0.632. The molecule has 1 aromatic heterocycles. The van der Waals surface area contributed by atoms with Crippen LogP contribution in [0.2, 0.25) is 0 Å². The van der Waals surface area contributed by atoms with Gasteiger partial charge in [-0.3, -0.25) is 9.59 Å². The number of carbonyl (C=O) groups excluding carboxylic acids is 2. The molecule has 0 aliphatic rings. The van der Waals surface area contributed by atoms with E-state index in [1.165, 1.54) is 19.3 Å². The van der Waals surface area contributed by atoms with Crippen molar-refractivity contribution in [1.82, 2.24) is 9.97 Å². The maximum Gasteiger partial charge on any atom is 0.275 e.